The van der Waals surface area contributed by atoms with Gasteiger partial charge in [-0.15, -0.1) is 0 Å². The topological polar surface area (TPSA) is 82.7 Å². The van der Waals surface area contributed by atoms with Crippen LogP contribution in [0, 0.1) is 18.3 Å². The molecule has 3 rings (SSSR count). The van der Waals surface area contributed by atoms with Gasteiger partial charge in [0, 0.05) is 6.08 Å². The van der Waals surface area contributed by atoms with Crippen LogP contribution < -0.4 is 5.56 Å². The normalized spacial score (nSPS) is 11.5. The van der Waals surface area contributed by atoms with Crippen molar-refractivity contribution in [1.29, 1.82) is 5.26 Å². The van der Waals surface area contributed by atoms with Crippen LogP contribution in [0.5, 0.6) is 0 Å². The van der Waals surface area contributed by atoms with Gasteiger partial charge in [-0.25, -0.2) is 4.98 Å². The number of H-pyrrole nitrogens is 1. The van der Waals surface area contributed by atoms with Crippen LogP contribution in [0.15, 0.2) is 45.8 Å². The summed E-state index contributed by atoms with van der Waals surface area (Å²) >= 11 is 0. The molecule has 0 atom stereocenters. The zero-order chi connectivity index (χ0) is 14.8. The molecule has 0 saturated heterocycles. The molecule has 0 fully saturated rings. The van der Waals surface area contributed by atoms with Crippen LogP contribution in [-0.4, -0.2) is 9.97 Å². The lowest BCUT2D eigenvalue weighted by Gasteiger charge is -2.03. The first-order chi connectivity index (χ1) is 10.2. The number of furan rings is 1. The first-order valence-electron chi connectivity index (χ1n) is 6.34. The van der Waals surface area contributed by atoms with Crippen molar-refractivity contribution in [2.24, 2.45) is 0 Å². The number of nitriles is 1. The third-order valence-electron chi connectivity index (χ3n) is 3.14. The van der Waals surface area contributed by atoms with Gasteiger partial charge in [-0.2, -0.15) is 5.26 Å². The number of fused-ring (bicyclic) bond motifs is 1. The van der Waals surface area contributed by atoms with E-state index in [4.69, 9.17) is 4.42 Å². The maximum Gasteiger partial charge on any atom is 0.259 e. The summed E-state index contributed by atoms with van der Waals surface area (Å²) in [4.78, 5) is 19.2. The summed E-state index contributed by atoms with van der Waals surface area (Å²) < 4.78 is 5.18. The zero-order valence-corrected chi connectivity index (χ0v) is 11.3. The highest BCUT2D eigenvalue weighted by Crippen LogP contribution is 2.17. The van der Waals surface area contributed by atoms with Crippen molar-refractivity contribution in [1.82, 2.24) is 9.97 Å². The lowest BCUT2D eigenvalue weighted by Crippen LogP contribution is -2.11. The van der Waals surface area contributed by atoms with Gasteiger partial charge >= 0.3 is 0 Å². The van der Waals surface area contributed by atoms with Gasteiger partial charge in [-0.05, 0) is 30.7 Å². The molecule has 2 heterocycles. The summed E-state index contributed by atoms with van der Waals surface area (Å²) in [6, 6.07) is 10.9. The van der Waals surface area contributed by atoms with Crippen molar-refractivity contribution in [3.8, 4) is 6.07 Å². The number of benzene rings is 1. The molecular formula is C16H11N3O2. The third-order valence-corrected chi connectivity index (χ3v) is 3.14. The second-order valence-corrected chi connectivity index (χ2v) is 4.57. The van der Waals surface area contributed by atoms with Gasteiger partial charge in [0.25, 0.3) is 5.56 Å². The van der Waals surface area contributed by atoms with Crippen LogP contribution >= 0.6 is 0 Å². The van der Waals surface area contributed by atoms with E-state index in [1.54, 1.807) is 30.3 Å². The third kappa shape index (κ3) is 2.35. The van der Waals surface area contributed by atoms with Crippen LogP contribution in [-0.2, 0) is 0 Å². The molecule has 21 heavy (non-hydrogen) atoms. The maximum absolute atomic E-state index is 12.1. The van der Waals surface area contributed by atoms with Crippen molar-refractivity contribution >= 4 is 22.6 Å². The summed E-state index contributed by atoms with van der Waals surface area (Å²) in [5.41, 5.74) is 1.46. The van der Waals surface area contributed by atoms with E-state index in [1.807, 2.05) is 19.1 Å². The average molecular weight is 277 g/mol. The van der Waals surface area contributed by atoms with Crippen LogP contribution in [0.1, 0.15) is 17.1 Å². The summed E-state index contributed by atoms with van der Waals surface area (Å²) in [5.74, 6) is 0.764. The minimum Gasteiger partial charge on any atom is -0.465 e. The molecule has 0 saturated carbocycles. The van der Waals surface area contributed by atoms with Gasteiger partial charge < -0.3 is 9.40 Å². The molecule has 5 nitrogen and oxygen atoms in total. The molecule has 0 unspecified atom stereocenters. The monoisotopic (exact) mass is 277 g/mol. The van der Waals surface area contributed by atoms with Crippen molar-refractivity contribution in [2.75, 3.05) is 0 Å². The molecule has 102 valence electrons. The Hall–Kier alpha value is -3.13. The standard InChI is InChI=1S/C16H11N3O2/c1-10-4-2-6-13-14(10)18-15(19-16(13)20)11(9-17)8-12-5-3-7-21-12/h2-8H,1H3,(H,18,19,20)/b11-8-. The highest BCUT2D eigenvalue weighted by molar-refractivity contribution is 5.88. The molecule has 0 bridgehead atoms. The fourth-order valence-electron chi connectivity index (χ4n) is 2.10. The molecule has 0 spiro atoms. The van der Waals surface area contributed by atoms with Gasteiger partial charge in [-0.1, -0.05) is 12.1 Å². The highest BCUT2D eigenvalue weighted by atomic mass is 16.3. The maximum atomic E-state index is 12.1. The van der Waals surface area contributed by atoms with Crippen LogP contribution in [0.4, 0.5) is 0 Å². The molecular weight excluding hydrogens is 266 g/mol. The minimum atomic E-state index is -0.265. The molecule has 2 aromatic heterocycles. The Morgan fingerprint density at radius 1 is 1.38 bits per heavy atom. The van der Waals surface area contributed by atoms with Crippen LogP contribution in [0.2, 0.25) is 0 Å². The minimum absolute atomic E-state index is 0.237. The van der Waals surface area contributed by atoms with Gasteiger partial charge in [0.15, 0.2) is 5.82 Å². The van der Waals surface area contributed by atoms with Crippen LogP contribution in [0.3, 0.4) is 0 Å². The van der Waals surface area contributed by atoms with Gasteiger partial charge in [-0.3, -0.25) is 4.79 Å². The van der Waals surface area contributed by atoms with Gasteiger partial charge in [0.2, 0.25) is 0 Å². The number of nitrogens with one attached hydrogen (secondary N) is 1. The molecule has 0 radical (unpaired) electrons. The summed E-state index contributed by atoms with van der Waals surface area (Å²) in [5, 5.41) is 9.80. The number of hydrogen-bond acceptors (Lipinski definition) is 4. The fourth-order valence-corrected chi connectivity index (χ4v) is 2.10. The number of nitrogens with zero attached hydrogens (tertiary/aromatic N) is 2. The van der Waals surface area contributed by atoms with E-state index >= 15 is 0 Å². The second-order valence-electron chi connectivity index (χ2n) is 4.57. The first-order valence-corrected chi connectivity index (χ1v) is 6.34. The first kappa shape index (κ1) is 12.9. The Kier molecular flexibility index (Phi) is 3.13. The largest absolute Gasteiger partial charge is 0.465 e. The number of hydrogen-bond donors (Lipinski definition) is 1. The predicted octanol–water partition coefficient (Wildman–Crippen LogP) is 2.89. The van der Waals surface area contributed by atoms with E-state index in [9.17, 15) is 10.1 Å². The SMILES string of the molecule is Cc1cccc2c(=O)[nH]c(/C(C#N)=C\c3ccco3)nc12. The molecule has 0 amide bonds. The van der Waals surface area contributed by atoms with Crippen molar-refractivity contribution in [2.45, 2.75) is 6.92 Å². The van der Waals surface area contributed by atoms with E-state index in [2.05, 4.69) is 9.97 Å². The highest BCUT2D eigenvalue weighted by Gasteiger charge is 2.10. The number of aryl methyl sites for hydroxylation is 1. The Balaban J connectivity index is 2.23. The fraction of sp³-hybridized carbons (Fsp3) is 0.0625. The molecule has 0 aliphatic carbocycles. The van der Waals surface area contributed by atoms with E-state index in [-0.39, 0.29) is 17.0 Å². The van der Waals surface area contributed by atoms with Crippen molar-refractivity contribution in [3.63, 3.8) is 0 Å². The molecule has 0 aliphatic heterocycles. The lowest BCUT2D eigenvalue weighted by molar-refractivity contribution is 0.557. The molecule has 1 N–H and O–H groups in total. The van der Waals surface area contributed by atoms with E-state index in [0.717, 1.165) is 5.56 Å². The molecule has 3 aromatic rings. The lowest BCUT2D eigenvalue weighted by atomic mass is 10.1. The summed E-state index contributed by atoms with van der Waals surface area (Å²) in [6.45, 7) is 1.88. The summed E-state index contributed by atoms with van der Waals surface area (Å²) in [7, 11) is 0. The smallest absolute Gasteiger partial charge is 0.259 e. The van der Waals surface area contributed by atoms with Gasteiger partial charge in [0.05, 0.1) is 22.7 Å². The van der Waals surface area contributed by atoms with E-state index < -0.39 is 0 Å². The zero-order valence-electron chi connectivity index (χ0n) is 11.3. The van der Waals surface area contributed by atoms with Crippen LogP contribution in [0.25, 0.3) is 22.6 Å². The predicted molar refractivity (Wildman–Crippen MR) is 79.3 cm³/mol. The van der Waals surface area contributed by atoms with Gasteiger partial charge in [0.1, 0.15) is 11.8 Å². The molecule has 0 aliphatic rings. The number of aromatic amines is 1. The van der Waals surface area contributed by atoms with Crippen molar-refractivity contribution < 1.29 is 4.42 Å². The molecule has 1 aromatic carbocycles. The molecule has 5 heteroatoms. The Morgan fingerprint density at radius 3 is 2.95 bits per heavy atom. The number of para-hydroxylation sites is 1. The number of rotatable bonds is 2. The Bertz CT molecular complexity index is 928. The van der Waals surface area contributed by atoms with E-state index in [1.165, 1.54) is 6.26 Å². The second kappa shape index (κ2) is 5.10. The van der Waals surface area contributed by atoms with E-state index in [0.29, 0.717) is 16.7 Å². The Labute approximate surface area is 120 Å². The summed E-state index contributed by atoms with van der Waals surface area (Å²) in [6.07, 6.45) is 3.06. The van der Waals surface area contributed by atoms with Crippen molar-refractivity contribution in [3.05, 3.63) is 64.1 Å². The number of aromatic nitrogens is 2. The number of allylic oxidation sites excluding steroid dienone is 1. The Morgan fingerprint density at radius 2 is 2.24 bits per heavy atom. The quantitative estimate of drug-likeness (QED) is 0.730. The average Bonchev–Trinajstić information content (AvgIpc) is 2.99.